The first-order chi connectivity index (χ1) is 11.5. The largest absolute Gasteiger partial charge is 0.366 e. The SMILES string of the molecule is Cn1ncc2c(SCC(=O)Nc3ccc(C(N)=O)cc3)ncnc21. The van der Waals surface area contributed by atoms with E-state index in [4.69, 9.17) is 5.73 Å². The van der Waals surface area contributed by atoms with Crippen LogP contribution in [0.3, 0.4) is 0 Å². The highest BCUT2D eigenvalue weighted by molar-refractivity contribution is 8.00. The smallest absolute Gasteiger partial charge is 0.248 e. The van der Waals surface area contributed by atoms with Crippen LogP contribution in [0.5, 0.6) is 0 Å². The third-order valence-electron chi connectivity index (χ3n) is 3.29. The van der Waals surface area contributed by atoms with E-state index in [0.717, 1.165) is 11.0 Å². The summed E-state index contributed by atoms with van der Waals surface area (Å²) in [5.41, 5.74) is 6.88. The Bertz CT molecular complexity index is 906. The Morgan fingerprint density at radius 2 is 2.00 bits per heavy atom. The lowest BCUT2D eigenvalue weighted by molar-refractivity contribution is -0.113. The van der Waals surface area contributed by atoms with Crippen molar-refractivity contribution in [3.05, 3.63) is 42.4 Å². The maximum Gasteiger partial charge on any atom is 0.248 e. The summed E-state index contributed by atoms with van der Waals surface area (Å²) in [5.74, 6) is -0.492. The van der Waals surface area contributed by atoms with E-state index in [1.54, 1.807) is 42.2 Å². The molecule has 24 heavy (non-hydrogen) atoms. The van der Waals surface area contributed by atoms with Crippen molar-refractivity contribution in [2.24, 2.45) is 12.8 Å². The van der Waals surface area contributed by atoms with Crippen molar-refractivity contribution in [3.8, 4) is 0 Å². The normalized spacial score (nSPS) is 10.7. The lowest BCUT2D eigenvalue weighted by atomic mass is 10.2. The molecule has 0 atom stereocenters. The summed E-state index contributed by atoms with van der Waals surface area (Å²) in [7, 11) is 1.80. The second-order valence-corrected chi connectivity index (χ2v) is 5.93. The average molecular weight is 342 g/mol. The fraction of sp³-hybridized carbons (Fsp3) is 0.133. The summed E-state index contributed by atoms with van der Waals surface area (Å²) in [4.78, 5) is 31.4. The molecule has 3 aromatic rings. The highest BCUT2D eigenvalue weighted by atomic mass is 32.2. The number of fused-ring (bicyclic) bond motifs is 1. The zero-order valence-corrected chi connectivity index (χ0v) is 13.6. The topological polar surface area (TPSA) is 116 Å². The molecule has 0 saturated heterocycles. The molecule has 8 nitrogen and oxygen atoms in total. The van der Waals surface area contributed by atoms with Gasteiger partial charge in [-0.05, 0) is 24.3 Å². The monoisotopic (exact) mass is 342 g/mol. The molecule has 0 spiro atoms. The van der Waals surface area contributed by atoms with E-state index in [0.29, 0.717) is 16.3 Å². The van der Waals surface area contributed by atoms with Gasteiger partial charge in [-0.25, -0.2) is 9.97 Å². The molecule has 0 fully saturated rings. The molecule has 9 heteroatoms. The van der Waals surface area contributed by atoms with Crippen molar-refractivity contribution in [1.29, 1.82) is 0 Å². The predicted octanol–water partition coefficient (Wildman–Crippen LogP) is 1.19. The Balaban J connectivity index is 1.63. The van der Waals surface area contributed by atoms with E-state index < -0.39 is 5.91 Å². The van der Waals surface area contributed by atoms with Gasteiger partial charge in [0.05, 0.1) is 17.3 Å². The minimum absolute atomic E-state index is 0.178. The molecule has 0 radical (unpaired) electrons. The molecule has 0 aliphatic rings. The predicted molar refractivity (Wildman–Crippen MR) is 90.6 cm³/mol. The lowest BCUT2D eigenvalue weighted by Gasteiger charge is -2.06. The summed E-state index contributed by atoms with van der Waals surface area (Å²) < 4.78 is 1.65. The number of amides is 2. The minimum atomic E-state index is -0.507. The number of thioether (sulfide) groups is 1. The van der Waals surface area contributed by atoms with E-state index in [2.05, 4.69) is 20.4 Å². The summed E-state index contributed by atoms with van der Waals surface area (Å²) in [6.07, 6.45) is 3.13. The summed E-state index contributed by atoms with van der Waals surface area (Å²) >= 11 is 1.31. The molecule has 0 saturated carbocycles. The standard InChI is InChI=1S/C15H14N6O2S/c1-21-14-11(6-19-21)15(18-8-17-14)24-7-12(22)20-10-4-2-9(3-5-10)13(16)23/h2-6,8H,7H2,1H3,(H2,16,23)(H,20,22). The molecule has 122 valence electrons. The van der Waals surface area contributed by atoms with Gasteiger partial charge in [-0.1, -0.05) is 11.8 Å². The van der Waals surface area contributed by atoms with Gasteiger partial charge in [-0.3, -0.25) is 14.3 Å². The van der Waals surface area contributed by atoms with Gasteiger partial charge in [-0.15, -0.1) is 0 Å². The van der Waals surface area contributed by atoms with Crippen LogP contribution in [0.15, 0.2) is 41.8 Å². The van der Waals surface area contributed by atoms with Crippen molar-refractivity contribution in [3.63, 3.8) is 0 Å². The maximum absolute atomic E-state index is 12.1. The number of rotatable bonds is 5. The Morgan fingerprint density at radius 3 is 2.71 bits per heavy atom. The first-order valence-electron chi connectivity index (χ1n) is 7.00. The highest BCUT2D eigenvalue weighted by Crippen LogP contribution is 2.23. The van der Waals surface area contributed by atoms with E-state index in [1.165, 1.54) is 18.1 Å². The van der Waals surface area contributed by atoms with Gasteiger partial charge in [0, 0.05) is 18.3 Å². The molecular formula is C15H14N6O2S. The van der Waals surface area contributed by atoms with Crippen LogP contribution in [0.1, 0.15) is 10.4 Å². The Kier molecular flexibility index (Phi) is 4.43. The zero-order chi connectivity index (χ0) is 17.1. The average Bonchev–Trinajstić information content (AvgIpc) is 2.95. The molecule has 2 heterocycles. The van der Waals surface area contributed by atoms with Gasteiger partial charge in [0.2, 0.25) is 11.8 Å². The molecule has 3 N–H and O–H groups in total. The molecule has 1 aromatic carbocycles. The van der Waals surface area contributed by atoms with Gasteiger partial charge < -0.3 is 11.1 Å². The van der Waals surface area contributed by atoms with Crippen molar-refractivity contribution in [2.45, 2.75) is 5.03 Å². The number of anilines is 1. The number of hydrogen-bond donors (Lipinski definition) is 2. The highest BCUT2D eigenvalue weighted by Gasteiger charge is 2.11. The van der Waals surface area contributed by atoms with Gasteiger partial charge >= 0.3 is 0 Å². The quantitative estimate of drug-likeness (QED) is 0.531. The third-order valence-corrected chi connectivity index (χ3v) is 4.29. The van der Waals surface area contributed by atoms with Crippen LogP contribution in [-0.2, 0) is 11.8 Å². The van der Waals surface area contributed by atoms with Crippen LogP contribution in [-0.4, -0.2) is 37.3 Å². The van der Waals surface area contributed by atoms with E-state index in [-0.39, 0.29) is 11.7 Å². The molecule has 0 aliphatic heterocycles. The maximum atomic E-state index is 12.1. The second kappa shape index (κ2) is 6.67. The fourth-order valence-corrected chi connectivity index (χ4v) is 2.87. The molecule has 0 aliphatic carbocycles. The molecule has 0 unspecified atom stereocenters. The Hall–Kier alpha value is -2.94. The number of carbonyl (C=O) groups excluding carboxylic acids is 2. The summed E-state index contributed by atoms with van der Waals surface area (Å²) in [5, 5.41) is 8.40. The minimum Gasteiger partial charge on any atom is -0.366 e. The number of benzene rings is 1. The first-order valence-corrected chi connectivity index (χ1v) is 7.98. The number of nitrogens with zero attached hydrogens (tertiary/aromatic N) is 4. The summed E-state index contributed by atoms with van der Waals surface area (Å²) in [6.45, 7) is 0. The Labute approximate surface area is 141 Å². The van der Waals surface area contributed by atoms with Crippen molar-refractivity contribution in [1.82, 2.24) is 19.7 Å². The molecule has 0 bridgehead atoms. The molecule has 2 amide bonds. The van der Waals surface area contributed by atoms with E-state index in [9.17, 15) is 9.59 Å². The number of aryl methyl sites for hydroxylation is 1. The first kappa shape index (κ1) is 15.9. The number of nitrogens with one attached hydrogen (secondary N) is 1. The van der Waals surface area contributed by atoms with Gasteiger partial charge in [0.15, 0.2) is 5.65 Å². The summed E-state index contributed by atoms with van der Waals surface area (Å²) in [6, 6.07) is 6.39. The zero-order valence-electron chi connectivity index (χ0n) is 12.8. The van der Waals surface area contributed by atoms with Crippen LogP contribution in [0, 0.1) is 0 Å². The molecule has 2 aromatic heterocycles. The number of carbonyl (C=O) groups is 2. The second-order valence-electron chi connectivity index (χ2n) is 4.96. The van der Waals surface area contributed by atoms with Crippen LogP contribution < -0.4 is 11.1 Å². The third kappa shape index (κ3) is 3.35. The number of primary amides is 1. The Morgan fingerprint density at radius 1 is 1.25 bits per heavy atom. The van der Waals surface area contributed by atoms with E-state index >= 15 is 0 Å². The van der Waals surface area contributed by atoms with Gasteiger partial charge in [0.25, 0.3) is 0 Å². The lowest BCUT2D eigenvalue weighted by Crippen LogP contribution is -2.15. The fourth-order valence-electron chi connectivity index (χ4n) is 2.10. The molecule has 3 rings (SSSR count). The number of nitrogens with two attached hydrogens (primary N) is 1. The van der Waals surface area contributed by atoms with Gasteiger partial charge in [0.1, 0.15) is 11.4 Å². The van der Waals surface area contributed by atoms with Crippen LogP contribution >= 0.6 is 11.8 Å². The number of aromatic nitrogens is 4. The van der Waals surface area contributed by atoms with Crippen LogP contribution in [0.4, 0.5) is 5.69 Å². The van der Waals surface area contributed by atoms with Crippen molar-refractivity contribution in [2.75, 3.05) is 11.1 Å². The van der Waals surface area contributed by atoms with Gasteiger partial charge in [-0.2, -0.15) is 5.10 Å². The van der Waals surface area contributed by atoms with Crippen molar-refractivity contribution < 1.29 is 9.59 Å². The van der Waals surface area contributed by atoms with E-state index in [1.807, 2.05) is 0 Å². The van der Waals surface area contributed by atoms with Crippen LogP contribution in [0.25, 0.3) is 11.0 Å². The van der Waals surface area contributed by atoms with Crippen LogP contribution in [0.2, 0.25) is 0 Å². The molecular weight excluding hydrogens is 328 g/mol. The van der Waals surface area contributed by atoms with Crippen molar-refractivity contribution >= 4 is 40.3 Å². The number of hydrogen-bond acceptors (Lipinski definition) is 6.